The molecule has 1 N–H and O–H groups in total. The Hall–Kier alpha value is -2.65. The third-order valence-corrected chi connectivity index (χ3v) is 5.69. The molecule has 0 aliphatic heterocycles. The zero-order valence-electron chi connectivity index (χ0n) is 15.6. The third kappa shape index (κ3) is 4.95. The molecule has 9 heteroatoms. The van der Waals surface area contributed by atoms with E-state index in [-0.39, 0.29) is 17.0 Å². The molecule has 2 rings (SSSR count). The van der Waals surface area contributed by atoms with Crippen molar-refractivity contribution in [2.75, 3.05) is 14.1 Å². The van der Waals surface area contributed by atoms with E-state index in [0.717, 1.165) is 4.31 Å². The van der Waals surface area contributed by atoms with Crippen molar-refractivity contribution in [3.63, 3.8) is 0 Å². The normalized spacial score (nSPS) is 12.6. The van der Waals surface area contributed by atoms with E-state index in [0.29, 0.717) is 11.3 Å². The molecule has 1 aromatic carbocycles. The van der Waals surface area contributed by atoms with Gasteiger partial charge in [-0.05, 0) is 43.7 Å². The van der Waals surface area contributed by atoms with Gasteiger partial charge in [-0.3, -0.25) is 4.79 Å². The van der Waals surface area contributed by atoms with Crippen molar-refractivity contribution in [3.05, 3.63) is 53.5 Å². The smallest absolute Gasteiger partial charge is 0.339 e. The summed E-state index contributed by atoms with van der Waals surface area (Å²) in [5.74, 6) is -0.697. The summed E-state index contributed by atoms with van der Waals surface area (Å²) in [7, 11) is -0.890. The SMILES string of the molecule is Cc1ccc(S(=O)(=O)N(C)C)cc1C(=O)O[C@@H](C)C(=O)NCc1ccco1. The van der Waals surface area contributed by atoms with Crippen LogP contribution in [0.15, 0.2) is 45.9 Å². The van der Waals surface area contributed by atoms with Crippen LogP contribution >= 0.6 is 0 Å². The first kappa shape index (κ1) is 20.7. The summed E-state index contributed by atoms with van der Waals surface area (Å²) >= 11 is 0. The molecule has 1 atom stereocenters. The summed E-state index contributed by atoms with van der Waals surface area (Å²) in [6.07, 6.45) is 0.434. The number of hydrogen-bond donors (Lipinski definition) is 1. The lowest BCUT2D eigenvalue weighted by Crippen LogP contribution is -2.35. The van der Waals surface area contributed by atoms with Crippen molar-refractivity contribution >= 4 is 21.9 Å². The molecule has 1 amide bonds. The Kier molecular flexibility index (Phi) is 6.40. The van der Waals surface area contributed by atoms with Crippen molar-refractivity contribution in [1.29, 1.82) is 0 Å². The average Bonchev–Trinajstić information content (AvgIpc) is 3.13. The Balaban J connectivity index is 2.09. The fourth-order valence-corrected chi connectivity index (χ4v) is 3.13. The van der Waals surface area contributed by atoms with Crippen LogP contribution in [0.3, 0.4) is 0 Å². The van der Waals surface area contributed by atoms with Gasteiger partial charge in [0.15, 0.2) is 6.10 Å². The summed E-state index contributed by atoms with van der Waals surface area (Å²) in [5.41, 5.74) is 0.629. The Morgan fingerprint density at radius 3 is 2.56 bits per heavy atom. The fraction of sp³-hybridized carbons (Fsp3) is 0.333. The zero-order valence-corrected chi connectivity index (χ0v) is 16.4. The van der Waals surface area contributed by atoms with Crippen LogP contribution in [0.1, 0.15) is 28.6 Å². The highest BCUT2D eigenvalue weighted by atomic mass is 32.2. The minimum atomic E-state index is -3.69. The molecule has 0 unspecified atom stereocenters. The quantitative estimate of drug-likeness (QED) is 0.717. The molecule has 8 nitrogen and oxygen atoms in total. The van der Waals surface area contributed by atoms with Crippen LogP contribution in [-0.4, -0.2) is 44.8 Å². The summed E-state index contributed by atoms with van der Waals surface area (Å²) < 4.78 is 35.8. The molecule has 0 aliphatic carbocycles. The summed E-state index contributed by atoms with van der Waals surface area (Å²) in [5, 5.41) is 2.59. The van der Waals surface area contributed by atoms with Gasteiger partial charge in [0.2, 0.25) is 10.0 Å². The van der Waals surface area contributed by atoms with Crippen molar-refractivity contribution < 1.29 is 27.2 Å². The number of amides is 1. The first-order chi connectivity index (χ1) is 12.6. The maximum absolute atomic E-state index is 12.4. The van der Waals surface area contributed by atoms with E-state index in [2.05, 4.69) is 5.32 Å². The first-order valence-electron chi connectivity index (χ1n) is 8.17. The number of ether oxygens (including phenoxy) is 1. The number of nitrogens with zero attached hydrogens (tertiary/aromatic N) is 1. The minimum Gasteiger partial charge on any atom is -0.467 e. The van der Waals surface area contributed by atoms with Crippen molar-refractivity contribution in [1.82, 2.24) is 9.62 Å². The van der Waals surface area contributed by atoms with Crippen molar-refractivity contribution in [2.24, 2.45) is 0 Å². The molecule has 0 bridgehead atoms. The van der Waals surface area contributed by atoms with E-state index in [1.807, 2.05) is 0 Å². The van der Waals surface area contributed by atoms with Crippen LogP contribution in [-0.2, 0) is 26.1 Å². The number of hydrogen-bond acceptors (Lipinski definition) is 6. The molecule has 1 heterocycles. The number of carbonyl (C=O) groups is 2. The molecule has 2 aromatic rings. The molecule has 0 saturated heterocycles. The third-order valence-electron chi connectivity index (χ3n) is 3.88. The summed E-state index contributed by atoms with van der Waals surface area (Å²) in [4.78, 5) is 24.5. The predicted octanol–water partition coefficient (Wildman–Crippen LogP) is 1.70. The maximum atomic E-state index is 12.4. The number of aryl methyl sites for hydroxylation is 1. The molecular weight excluding hydrogens is 372 g/mol. The number of furan rings is 1. The van der Waals surface area contributed by atoms with Crippen molar-refractivity contribution in [2.45, 2.75) is 31.4 Å². The Morgan fingerprint density at radius 2 is 1.96 bits per heavy atom. The van der Waals surface area contributed by atoms with Gasteiger partial charge in [0, 0.05) is 14.1 Å². The molecule has 0 fully saturated rings. The van der Waals surface area contributed by atoms with Gasteiger partial charge in [-0.15, -0.1) is 0 Å². The number of esters is 1. The molecule has 0 aliphatic rings. The van der Waals surface area contributed by atoms with E-state index in [9.17, 15) is 18.0 Å². The highest BCUT2D eigenvalue weighted by Gasteiger charge is 2.23. The van der Waals surface area contributed by atoms with Crippen LogP contribution in [0.2, 0.25) is 0 Å². The van der Waals surface area contributed by atoms with E-state index >= 15 is 0 Å². The van der Waals surface area contributed by atoms with Gasteiger partial charge in [0.1, 0.15) is 5.76 Å². The molecule has 0 radical (unpaired) electrons. The number of benzene rings is 1. The van der Waals surface area contributed by atoms with Crippen LogP contribution in [0.25, 0.3) is 0 Å². The molecule has 1 aromatic heterocycles. The topological polar surface area (TPSA) is 106 Å². The Morgan fingerprint density at radius 1 is 1.26 bits per heavy atom. The van der Waals surface area contributed by atoms with Gasteiger partial charge < -0.3 is 14.5 Å². The molecular formula is C18H22N2O6S. The number of nitrogens with one attached hydrogen (secondary N) is 1. The monoisotopic (exact) mass is 394 g/mol. The van der Waals surface area contributed by atoms with Crippen LogP contribution in [0.5, 0.6) is 0 Å². The molecule has 0 spiro atoms. The number of rotatable bonds is 7. The van der Waals surface area contributed by atoms with Gasteiger partial charge in [-0.1, -0.05) is 6.07 Å². The fourth-order valence-electron chi connectivity index (χ4n) is 2.20. The molecule has 0 saturated carbocycles. The highest BCUT2D eigenvalue weighted by molar-refractivity contribution is 7.89. The van der Waals surface area contributed by atoms with Gasteiger partial charge >= 0.3 is 5.97 Å². The van der Waals surface area contributed by atoms with Gasteiger partial charge in [0.25, 0.3) is 5.91 Å². The van der Waals surface area contributed by atoms with E-state index in [1.165, 1.54) is 45.5 Å². The minimum absolute atomic E-state index is 0.0278. The standard InChI is InChI=1S/C18H22N2O6S/c1-12-7-8-15(27(23,24)20(3)4)10-16(12)18(22)26-13(2)17(21)19-11-14-6-5-9-25-14/h5-10,13H,11H2,1-4H3,(H,19,21)/t13-/m0/s1. The first-order valence-corrected chi connectivity index (χ1v) is 9.61. The number of carbonyl (C=O) groups excluding carboxylic acids is 2. The lowest BCUT2D eigenvalue weighted by molar-refractivity contribution is -0.129. The van der Waals surface area contributed by atoms with Crippen molar-refractivity contribution in [3.8, 4) is 0 Å². The second-order valence-electron chi connectivity index (χ2n) is 6.11. The lowest BCUT2D eigenvalue weighted by Gasteiger charge is -2.16. The largest absolute Gasteiger partial charge is 0.467 e. The molecule has 146 valence electrons. The maximum Gasteiger partial charge on any atom is 0.339 e. The van der Waals surface area contributed by atoms with Crippen LogP contribution in [0.4, 0.5) is 0 Å². The van der Waals surface area contributed by atoms with Crippen LogP contribution in [0, 0.1) is 6.92 Å². The van der Waals surface area contributed by atoms with Gasteiger partial charge in [0.05, 0.1) is 23.3 Å². The van der Waals surface area contributed by atoms with E-state index in [1.54, 1.807) is 19.1 Å². The lowest BCUT2D eigenvalue weighted by atomic mass is 10.1. The Labute approximate surface area is 158 Å². The average molecular weight is 394 g/mol. The molecule has 27 heavy (non-hydrogen) atoms. The number of sulfonamides is 1. The van der Waals surface area contributed by atoms with Gasteiger partial charge in [-0.25, -0.2) is 17.5 Å². The summed E-state index contributed by atoms with van der Waals surface area (Å²) in [6.45, 7) is 3.26. The predicted molar refractivity (Wildman–Crippen MR) is 97.5 cm³/mol. The van der Waals surface area contributed by atoms with E-state index in [4.69, 9.17) is 9.15 Å². The second kappa shape index (κ2) is 8.36. The highest BCUT2D eigenvalue weighted by Crippen LogP contribution is 2.19. The van der Waals surface area contributed by atoms with E-state index < -0.39 is 28.0 Å². The Bertz CT molecular complexity index is 919. The second-order valence-corrected chi connectivity index (χ2v) is 8.26. The van der Waals surface area contributed by atoms with Gasteiger partial charge in [-0.2, -0.15) is 0 Å². The summed E-state index contributed by atoms with van der Waals surface area (Å²) in [6, 6.07) is 7.59. The zero-order chi connectivity index (χ0) is 20.2. The van der Waals surface area contributed by atoms with Crippen LogP contribution < -0.4 is 5.32 Å².